The predicted molar refractivity (Wildman–Crippen MR) is 69.3 cm³/mol. The van der Waals surface area contributed by atoms with Crippen LogP contribution in [0, 0.1) is 0 Å². The highest BCUT2D eigenvalue weighted by Crippen LogP contribution is 2.18. The van der Waals surface area contributed by atoms with E-state index in [1.165, 1.54) is 31.2 Å². The molecule has 88 valence electrons. The number of aromatic nitrogens is 1. The van der Waals surface area contributed by atoms with Crippen LogP contribution in [0.4, 0.5) is 0 Å². The molecule has 2 heteroatoms. The summed E-state index contributed by atoms with van der Waals surface area (Å²) < 4.78 is 0. The average molecular weight is 218 g/mol. The van der Waals surface area contributed by atoms with Crippen LogP contribution in [0.25, 0.3) is 0 Å². The Kier molecular flexibility index (Phi) is 6.50. The summed E-state index contributed by atoms with van der Waals surface area (Å²) >= 11 is 0. The van der Waals surface area contributed by atoms with Gasteiger partial charge in [-0.25, -0.2) is 0 Å². The van der Waals surface area contributed by atoms with Crippen molar-refractivity contribution in [3.63, 3.8) is 0 Å². The summed E-state index contributed by atoms with van der Waals surface area (Å²) in [5.74, 6) is 0. The lowest BCUT2D eigenvalue weighted by Crippen LogP contribution is -2.16. The second kappa shape index (κ2) is 8.05. The van der Waals surface area contributed by atoms with E-state index in [1.54, 1.807) is 0 Å². The van der Waals surface area contributed by atoms with Crippen molar-refractivity contribution in [2.75, 3.05) is 7.05 Å². The van der Waals surface area contributed by atoms with Crippen molar-refractivity contribution >= 4 is 0 Å². The van der Waals surface area contributed by atoms with Crippen LogP contribution in [0.2, 0.25) is 0 Å². The van der Waals surface area contributed by atoms with Gasteiger partial charge in [-0.2, -0.15) is 0 Å². The maximum Gasteiger partial charge on any atom is 0.0318 e. The molecule has 1 aromatic heterocycles. The first kappa shape index (κ1) is 12.9. The lowest BCUT2D eigenvalue weighted by molar-refractivity contribution is 0.507. The van der Waals surface area contributed by atoms with Crippen molar-refractivity contribution in [2.45, 2.75) is 38.1 Å². The quantitative estimate of drug-likeness (QED) is 0.534. The van der Waals surface area contributed by atoms with Crippen molar-refractivity contribution in [1.29, 1.82) is 0 Å². The largest absolute Gasteiger partial charge is 0.313 e. The zero-order valence-electron chi connectivity index (χ0n) is 10.2. The second-order valence-corrected chi connectivity index (χ2v) is 4.05. The maximum absolute atomic E-state index is 4.04. The van der Waals surface area contributed by atoms with E-state index in [9.17, 15) is 0 Å². The van der Waals surface area contributed by atoms with Crippen molar-refractivity contribution in [2.24, 2.45) is 0 Å². The van der Waals surface area contributed by atoms with Crippen LogP contribution in [0.1, 0.15) is 43.7 Å². The molecule has 1 rings (SSSR count). The van der Waals surface area contributed by atoms with Gasteiger partial charge in [-0.15, -0.1) is 6.58 Å². The molecule has 0 aliphatic rings. The Morgan fingerprint density at radius 2 is 2.06 bits per heavy atom. The van der Waals surface area contributed by atoms with Crippen LogP contribution in [0.15, 0.2) is 37.2 Å². The first-order chi connectivity index (χ1) is 7.88. The van der Waals surface area contributed by atoms with Crippen molar-refractivity contribution in [1.82, 2.24) is 10.3 Å². The van der Waals surface area contributed by atoms with Crippen LogP contribution >= 0.6 is 0 Å². The summed E-state index contributed by atoms with van der Waals surface area (Å²) in [5.41, 5.74) is 1.33. The molecule has 0 bridgehead atoms. The maximum atomic E-state index is 4.04. The Bertz CT molecular complexity index is 282. The molecule has 0 fully saturated rings. The Labute approximate surface area is 98.8 Å². The molecule has 0 aromatic carbocycles. The average Bonchev–Trinajstić information content (AvgIpc) is 2.35. The minimum atomic E-state index is 0.465. The van der Waals surface area contributed by atoms with Gasteiger partial charge >= 0.3 is 0 Å². The Morgan fingerprint density at radius 3 is 2.69 bits per heavy atom. The monoisotopic (exact) mass is 218 g/mol. The summed E-state index contributed by atoms with van der Waals surface area (Å²) in [5, 5.41) is 3.36. The standard InChI is InChI=1S/C14H22N2/c1-3-4-5-6-7-8-14(15-2)13-9-11-16-12-10-13/h3,9-12,14-15H,1,4-8H2,2H3. The highest BCUT2D eigenvalue weighted by Gasteiger charge is 2.07. The molecule has 1 unspecified atom stereocenters. The normalized spacial score (nSPS) is 12.3. The first-order valence-electron chi connectivity index (χ1n) is 6.06. The van der Waals surface area contributed by atoms with Gasteiger partial charge in [-0.3, -0.25) is 4.98 Å². The van der Waals surface area contributed by atoms with E-state index < -0.39 is 0 Å². The molecule has 0 saturated heterocycles. The summed E-state index contributed by atoms with van der Waals surface area (Å²) in [6, 6.07) is 4.64. The van der Waals surface area contributed by atoms with E-state index in [2.05, 4.69) is 29.0 Å². The van der Waals surface area contributed by atoms with Gasteiger partial charge in [0.15, 0.2) is 0 Å². The summed E-state index contributed by atoms with van der Waals surface area (Å²) in [6.45, 7) is 3.74. The second-order valence-electron chi connectivity index (χ2n) is 4.05. The number of unbranched alkanes of at least 4 members (excludes halogenated alkanes) is 3. The molecule has 1 heterocycles. The molecular formula is C14H22N2. The lowest BCUT2D eigenvalue weighted by atomic mass is 10.0. The van der Waals surface area contributed by atoms with Gasteiger partial charge in [-0.1, -0.05) is 18.9 Å². The number of pyridine rings is 1. The number of allylic oxidation sites excluding steroid dienone is 1. The zero-order valence-corrected chi connectivity index (χ0v) is 10.2. The van der Waals surface area contributed by atoms with Gasteiger partial charge in [0.05, 0.1) is 0 Å². The summed E-state index contributed by atoms with van der Waals surface area (Å²) in [6.07, 6.45) is 11.9. The molecule has 0 spiro atoms. The molecule has 0 amide bonds. The number of hydrogen-bond donors (Lipinski definition) is 1. The number of hydrogen-bond acceptors (Lipinski definition) is 2. The van der Waals surface area contributed by atoms with Crippen molar-refractivity contribution in [3.05, 3.63) is 42.7 Å². The van der Waals surface area contributed by atoms with E-state index in [0.29, 0.717) is 6.04 Å². The molecule has 0 aliphatic heterocycles. The molecule has 0 aliphatic carbocycles. The van der Waals surface area contributed by atoms with Gasteiger partial charge in [0.25, 0.3) is 0 Å². The zero-order chi connectivity index (χ0) is 11.6. The number of nitrogens with one attached hydrogen (secondary N) is 1. The molecule has 0 radical (unpaired) electrons. The van der Waals surface area contributed by atoms with E-state index >= 15 is 0 Å². The fourth-order valence-electron chi connectivity index (χ4n) is 1.89. The summed E-state index contributed by atoms with van der Waals surface area (Å²) in [7, 11) is 2.02. The fraction of sp³-hybridized carbons (Fsp3) is 0.500. The number of rotatable bonds is 8. The smallest absolute Gasteiger partial charge is 0.0318 e. The fourth-order valence-corrected chi connectivity index (χ4v) is 1.89. The molecule has 1 N–H and O–H groups in total. The lowest BCUT2D eigenvalue weighted by Gasteiger charge is -2.16. The van der Waals surface area contributed by atoms with Crippen LogP contribution in [-0.4, -0.2) is 12.0 Å². The number of nitrogens with zero attached hydrogens (tertiary/aromatic N) is 1. The molecular weight excluding hydrogens is 196 g/mol. The van der Waals surface area contributed by atoms with Gasteiger partial charge < -0.3 is 5.32 Å². The highest BCUT2D eigenvalue weighted by molar-refractivity contribution is 5.14. The van der Waals surface area contributed by atoms with Gasteiger partial charge in [0, 0.05) is 18.4 Å². The third-order valence-corrected chi connectivity index (χ3v) is 2.86. The third-order valence-electron chi connectivity index (χ3n) is 2.86. The van der Waals surface area contributed by atoms with Crippen LogP contribution in [0.5, 0.6) is 0 Å². The van der Waals surface area contributed by atoms with E-state index in [1.807, 2.05) is 25.5 Å². The summed E-state index contributed by atoms with van der Waals surface area (Å²) in [4.78, 5) is 4.04. The highest BCUT2D eigenvalue weighted by atomic mass is 14.9. The first-order valence-corrected chi connectivity index (χ1v) is 6.06. The van der Waals surface area contributed by atoms with Crippen LogP contribution in [0.3, 0.4) is 0 Å². The van der Waals surface area contributed by atoms with E-state index in [0.717, 1.165) is 6.42 Å². The van der Waals surface area contributed by atoms with Crippen molar-refractivity contribution < 1.29 is 0 Å². The minimum absolute atomic E-state index is 0.465. The van der Waals surface area contributed by atoms with Crippen LogP contribution in [-0.2, 0) is 0 Å². The van der Waals surface area contributed by atoms with E-state index in [-0.39, 0.29) is 0 Å². The molecule has 0 saturated carbocycles. The van der Waals surface area contributed by atoms with Gasteiger partial charge in [-0.05, 0) is 44.0 Å². The molecule has 1 atom stereocenters. The molecule has 2 nitrogen and oxygen atoms in total. The Morgan fingerprint density at radius 1 is 1.31 bits per heavy atom. The molecule has 1 aromatic rings. The third kappa shape index (κ3) is 4.58. The van der Waals surface area contributed by atoms with Crippen LogP contribution < -0.4 is 5.32 Å². The van der Waals surface area contributed by atoms with E-state index in [4.69, 9.17) is 0 Å². The Hall–Kier alpha value is -1.15. The van der Waals surface area contributed by atoms with Gasteiger partial charge in [0.1, 0.15) is 0 Å². The topological polar surface area (TPSA) is 24.9 Å². The molecule has 16 heavy (non-hydrogen) atoms. The Balaban J connectivity index is 2.30. The van der Waals surface area contributed by atoms with Gasteiger partial charge in [0.2, 0.25) is 0 Å². The SMILES string of the molecule is C=CCCCCCC(NC)c1ccncc1. The minimum Gasteiger partial charge on any atom is -0.313 e. The predicted octanol–water partition coefficient (Wildman–Crippen LogP) is 3.48. The van der Waals surface area contributed by atoms with Crippen molar-refractivity contribution in [3.8, 4) is 0 Å².